The zero-order valence-electron chi connectivity index (χ0n) is 14.2. The Hall–Kier alpha value is -1.73. The maximum atomic E-state index is 12.4. The molecule has 1 amide bonds. The number of β-amino-alcohol motifs (C(OH)–C–C–N with tert-alkyl or cyclic N) is 1. The lowest BCUT2D eigenvalue weighted by atomic mass is 10.2. The van der Waals surface area contributed by atoms with E-state index in [1.54, 1.807) is 11.3 Å². The number of nitrogens with zero attached hydrogens (tertiary/aromatic N) is 2. The molecule has 3 rings (SSSR count). The summed E-state index contributed by atoms with van der Waals surface area (Å²) in [7, 11) is 0. The molecule has 1 fully saturated rings. The van der Waals surface area contributed by atoms with Gasteiger partial charge in [-0.05, 0) is 23.6 Å². The van der Waals surface area contributed by atoms with Crippen molar-refractivity contribution in [2.24, 2.45) is 0 Å². The molecule has 5 nitrogen and oxygen atoms in total. The van der Waals surface area contributed by atoms with E-state index in [0.29, 0.717) is 32.8 Å². The normalized spacial score (nSPS) is 16.8. The molecule has 2 heterocycles. The molecule has 1 aromatic heterocycles. The van der Waals surface area contributed by atoms with Crippen LogP contribution >= 0.6 is 11.3 Å². The van der Waals surface area contributed by atoms with Gasteiger partial charge in [-0.2, -0.15) is 0 Å². The quantitative estimate of drug-likeness (QED) is 0.821. The van der Waals surface area contributed by atoms with Crippen molar-refractivity contribution in [2.45, 2.75) is 12.7 Å². The number of carbonyl (C=O) groups is 1. The highest BCUT2D eigenvalue weighted by molar-refractivity contribution is 7.09. The second-order valence-corrected chi connectivity index (χ2v) is 7.24. The van der Waals surface area contributed by atoms with Crippen molar-refractivity contribution in [3.63, 3.8) is 0 Å². The fourth-order valence-electron chi connectivity index (χ4n) is 2.94. The Kier molecular flexibility index (Phi) is 6.58. The predicted molar refractivity (Wildman–Crippen MR) is 98.8 cm³/mol. The van der Waals surface area contributed by atoms with E-state index in [2.05, 4.69) is 4.90 Å². The minimum atomic E-state index is -0.503. The van der Waals surface area contributed by atoms with E-state index < -0.39 is 6.10 Å². The zero-order chi connectivity index (χ0) is 17.5. The molecule has 0 radical (unpaired) electrons. The first kappa shape index (κ1) is 18.1. The fraction of sp³-hybridized carbons (Fsp3) is 0.421. The highest BCUT2D eigenvalue weighted by Crippen LogP contribution is 2.11. The average molecular weight is 360 g/mol. The van der Waals surface area contributed by atoms with Gasteiger partial charge in [0.15, 0.2) is 0 Å². The average Bonchev–Trinajstić information content (AvgIpc) is 3.16. The molecule has 0 unspecified atom stereocenters. The van der Waals surface area contributed by atoms with E-state index >= 15 is 0 Å². The van der Waals surface area contributed by atoms with Crippen LogP contribution < -0.4 is 0 Å². The van der Waals surface area contributed by atoms with Gasteiger partial charge in [-0.25, -0.2) is 0 Å². The van der Waals surface area contributed by atoms with E-state index in [1.807, 2.05) is 52.7 Å². The summed E-state index contributed by atoms with van der Waals surface area (Å²) in [6.07, 6.45) is -0.503. The summed E-state index contributed by atoms with van der Waals surface area (Å²) in [4.78, 5) is 17.7. The molecule has 0 saturated carbocycles. The number of piperazine rings is 1. The Morgan fingerprint density at radius 1 is 1.12 bits per heavy atom. The van der Waals surface area contributed by atoms with Gasteiger partial charge in [0.1, 0.15) is 0 Å². The molecule has 134 valence electrons. The van der Waals surface area contributed by atoms with Crippen LogP contribution in [0.3, 0.4) is 0 Å². The lowest BCUT2D eigenvalue weighted by Crippen LogP contribution is -2.50. The van der Waals surface area contributed by atoms with Crippen molar-refractivity contribution < 1.29 is 14.6 Å². The van der Waals surface area contributed by atoms with Crippen LogP contribution in [0, 0.1) is 0 Å². The monoisotopic (exact) mass is 360 g/mol. The molecular formula is C19H24N2O3S. The zero-order valence-corrected chi connectivity index (χ0v) is 15.0. The van der Waals surface area contributed by atoms with Gasteiger partial charge in [-0.15, -0.1) is 11.3 Å². The number of benzene rings is 1. The van der Waals surface area contributed by atoms with Crippen molar-refractivity contribution in [1.82, 2.24) is 9.80 Å². The summed E-state index contributed by atoms with van der Waals surface area (Å²) >= 11 is 1.66. The number of thiophene rings is 1. The Morgan fingerprint density at radius 3 is 2.56 bits per heavy atom. The van der Waals surface area contributed by atoms with E-state index in [-0.39, 0.29) is 5.91 Å². The highest BCUT2D eigenvalue weighted by atomic mass is 32.1. The van der Waals surface area contributed by atoms with Crippen LogP contribution in [0.5, 0.6) is 0 Å². The Balaban J connectivity index is 1.36. The number of rotatable bonds is 7. The summed E-state index contributed by atoms with van der Waals surface area (Å²) in [5.41, 5.74) is 0.734. The topological polar surface area (TPSA) is 53.0 Å². The van der Waals surface area contributed by atoms with Crippen LogP contribution in [-0.4, -0.2) is 66.2 Å². The molecule has 0 aliphatic carbocycles. The fourth-order valence-corrected chi connectivity index (χ4v) is 3.58. The predicted octanol–water partition coefficient (Wildman–Crippen LogP) is 2.08. The Labute approximate surface area is 152 Å². The third kappa shape index (κ3) is 5.37. The number of hydrogen-bond acceptors (Lipinski definition) is 5. The van der Waals surface area contributed by atoms with Gasteiger partial charge in [0.05, 0.1) is 19.3 Å². The van der Waals surface area contributed by atoms with E-state index in [4.69, 9.17) is 4.74 Å². The van der Waals surface area contributed by atoms with Crippen LogP contribution in [0.4, 0.5) is 0 Å². The molecule has 0 bridgehead atoms. The molecule has 0 spiro atoms. The molecule has 1 aromatic carbocycles. The molecule has 1 aliphatic heterocycles. The van der Waals surface area contributed by atoms with Crippen LogP contribution in [0.2, 0.25) is 0 Å². The SMILES string of the molecule is O=C(c1ccccc1)N1CCN(C[C@H](O)COCc2cccs2)CC1. The Bertz CT molecular complexity index is 640. The molecule has 1 aliphatic rings. The van der Waals surface area contributed by atoms with E-state index in [9.17, 15) is 9.90 Å². The molecule has 1 saturated heterocycles. The first-order chi connectivity index (χ1) is 12.2. The first-order valence-electron chi connectivity index (χ1n) is 8.57. The second kappa shape index (κ2) is 9.10. The molecule has 6 heteroatoms. The summed E-state index contributed by atoms with van der Waals surface area (Å²) in [6, 6.07) is 13.4. The minimum absolute atomic E-state index is 0.0834. The number of aliphatic hydroxyl groups is 1. The third-order valence-corrected chi connectivity index (χ3v) is 5.13. The second-order valence-electron chi connectivity index (χ2n) is 6.21. The summed E-state index contributed by atoms with van der Waals surface area (Å²) in [6.45, 7) is 4.40. The van der Waals surface area contributed by atoms with Gasteiger partial charge in [0, 0.05) is 43.2 Å². The molecule has 25 heavy (non-hydrogen) atoms. The maximum Gasteiger partial charge on any atom is 0.253 e. The number of aliphatic hydroxyl groups excluding tert-OH is 1. The largest absolute Gasteiger partial charge is 0.389 e. The van der Waals surface area contributed by atoms with Gasteiger partial charge in [-0.1, -0.05) is 24.3 Å². The van der Waals surface area contributed by atoms with Crippen molar-refractivity contribution in [2.75, 3.05) is 39.3 Å². The number of hydrogen-bond donors (Lipinski definition) is 1. The standard InChI is InChI=1S/C19H24N2O3S/c22-17(14-24-15-18-7-4-12-25-18)13-20-8-10-21(11-9-20)19(23)16-5-2-1-3-6-16/h1-7,12,17,22H,8-11,13-15H2/t17-/m0/s1. The third-order valence-electron chi connectivity index (χ3n) is 4.28. The smallest absolute Gasteiger partial charge is 0.253 e. The van der Waals surface area contributed by atoms with Gasteiger partial charge in [-0.3, -0.25) is 9.69 Å². The molecule has 1 atom stereocenters. The first-order valence-corrected chi connectivity index (χ1v) is 9.45. The van der Waals surface area contributed by atoms with Gasteiger partial charge in [0.25, 0.3) is 5.91 Å². The minimum Gasteiger partial charge on any atom is -0.389 e. The van der Waals surface area contributed by atoms with Gasteiger partial charge < -0.3 is 14.7 Å². The van der Waals surface area contributed by atoms with Crippen molar-refractivity contribution in [3.05, 3.63) is 58.3 Å². The lowest BCUT2D eigenvalue weighted by Gasteiger charge is -2.35. The van der Waals surface area contributed by atoms with Crippen LogP contribution in [0.25, 0.3) is 0 Å². The van der Waals surface area contributed by atoms with Crippen LogP contribution in [0.1, 0.15) is 15.2 Å². The van der Waals surface area contributed by atoms with Crippen molar-refractivity contribution in [1.29, 1.82) is 0 Å². The molecule has 1 N–H and O–H groups in total. The van der Waals surface area contributed by atoms with Crippen LogP contribution in [-0.2, 0) is 11.3 Å². The maximum absolute atomic E-state index is 12.4. The summed E-state index contributed by atoms with van der Waals surface area (Å²) < 4.78 is 5.57. The van der Waals surface area contributed by atoms with Crippen molar-refractivity contribution >= 4 is 17.2 Å². The summed E-state index contributed by atoms with van der Waals surface area (Å²) in [5.74, 6) is 0.0834. The number of ether oxygens (including phenoxy) is 1. The lowest BCUT2D eigenvalue weighted by molar-refractivity contribution is 0.00270. The molecule has 2 aromatic rings. The number of amides is 1. The van der Waals surface area contributed by atoms with E-state index in [1.165, 1.54) is 4.88 Å². The highest BCUT2D eigenvalue weighted by Gasteiger charge is 2.23. The van der Waals surface area contributed by atoms with Gasteiger partial charge >= 0.3 is 0 Å². The molecular weight excluding hydrogens is 336 g/mol. The summed E-state index contributed by atoms with van der Waals surface area (Å²) in [5, 5.41) is 12.2. The van der Waals surface area contributed by atoms with E-state index in [0.717, 1.165) is 18.7 Å². The number of carbonyl (C=O) groups excluding carboxylic acids is 1. The van der Waals surface area contributed by atoms with Gasteiger partial charge in [0.2, 0.25) is 0 Å². The van der Waals surface area contributed by atoms with Crippen molar-refractivity contribution in [3.8, 4) is 0 Å². The van der Waals surface area contributed by atoms with Crippen LogP contribution in [0.15, 0.2) is 47.8 Å². The Morgan fingerprint density at radius 2 is 1.88 bits per heavy atom.